The smallest absolute Gasteiger partial charge is 0.227 e. The van der Waals surface area contributed by atoms with Crippen molar-refractivity contribution >= 4 is 5.91 Å². The fourth-order valence-corrected chi connectivity index (χ4v) is 3.19. The molecule has 2 atom stereocenters. The van der Waals surface area contributed by atoms with E-state index in [9.17, 15) is 18.7 Å². The Kier molecular flexibility index (Phi) is 4.94. The van der Waals surface area contributed by atoms with E-state index in [0.717, 1.165) is 25.0 Å². The molecule has 1 saturated heterocycles. The predicted octanol–water partition coefficient (Wildman–Crippen LogP) is 3.22. The molecule has 0 radical (unpaired) electrons. The van der Waals surface area contributed by atoms with Gasteiger partial charge in [0.1, 0.15) is 23.5 Å². The predicted molar refractivity (Wildman–Crippen MR) is 83.1 cm³/mol. The van der Waals surface area contributed by atoms with Crippen molar-refractivity contribution in [1.29, 1.82) is 0 Å². The first-order valence-electron chi connectivity index (χ1n) is 7.99. The van der Waals surface area contributed by atoms with Gasteiger partial charge >= 0.3 is 0 Å². The normalized spacial score (nSPS) is 18.8. The molecule has 3 rings (SSSR count). The summed E-state index contributed by atoms with van der Waals surface area (Å²) in [5, 5.41) is 10.2. The van der Waals surface area contributed by atoms with Crippen molar-refractivity contribution in [2.24, 2.45) is 0 Å². The lowest BCUT2D eigenvalue weighted by molar-refractivity contribution is -0.131. The SMILES string of the molecule is O=C(Cc1ccc(F)cc1F)N1CCCC1CC(O)c1ccco1. The van der Waals surface area contributed by atoms with Gasteiger partial charge in [-0.05, 0) is 36.6 Å². The third kappa shape index (κ3) is 3.64. The number of hydrogen-bond donors (Lipinski definition) is 1. The van der Waals surface area contributed by atoms with Crippen molar-refractivity contribution in [3.05, 3.63) is 59.6 Å². The number of furan rings is 1. The molecular weight excluding hydrogens is 316 g/mol. The molecule has 1 aromatic carbocycles. The van der Waals surface area contributed by atoms with Gasteiger partial charge in [0.2, 0.25) is 5.91 Å². The van der Waals surface area contributed by atoms with E-state index in [-0.39, 0.29) is 23.9 Å². The first kappa shape index (κ1) is 16.6. The second kappa shape index (κ2) is 7.13. The Morgan fingerprint density at radius 3 is 2.92 bits per heavy atom. The van der Waals surface area contributed by atoms with Crippen LogP contribution in [0.4, 0.5) is 8.78 Å². The highest BCUT2D eigenvalue weighted by Crippen LogP contribution is 2.28. The summed E-state index contributed by atoms with van der Waals surface area (Å²) in [6.45, 7) is 0.581. The molecule has 128 valence electrons. The Morgan fingerprint density at radius 2 is 2.21 bits per heavy atom. The highest BCUT2D eigenvalue weighted by atomic mass is 19.1. The second-order valence-corrected chi connectivity index (χ2v) is 6.06. The van der Waals surface area contributed by atoms with Crippen LogP contribution in [0.5, 0.6) is 0 Å². The maximum atomic E-state index is 13.7. The molecule has 0 spiro atoms. The van der Waals surface area contributed by atoms with Crippen LogP contribution < -0.4 is 0 Å². The lowest BCUT2D eigenvalue weighted by Gasteiger charge is -2.26. The van der Waals surface area contributed by atoms with Crippen molar-refractivity contribution < 1.29 is 23.1 Å². The molecule has 2 heterocycles. The minimum atomic E-state index is -0.777. The number of hydrogen-bond acceptors (Lipinski definition) is 3. The molecule has 0 aliphatic carbocycles. The van der Waals surface area contributed by atoms with Crippen molar-refractivity contribution in [3.8, 4) is 0 Å². The number of halogens is 2. The fourth-order valence-electron chi connectivity index (χ4n) is 3.19. The van der Waals surface area contributed by atoms with Crippen LogP contribution in [0, 0.1) is 11.6 Å². The summed E-state index contributed by atoms with van der Waals surface area (Å²) in [6.07, 6.45) is 2.61. The molecule has 1 aliphatic heterocycles. The molecule has 1 fully saturated rings. The van der Waals surface area contributed by atoms with Gasteiger partial charge < -0.3 is 14.4 Å². The highest BCUT2D eigenvalue weighted by Gasteiger charge is 2.31. The van der Waals surface area contributed by atoms with Crippen molar-refractivity contribution in [1.82, 2.24) is 4.90 Å². The zero-order valence-electron chi connectivity index (χ0n) is 13.1. The van der Waals surface area contributed by atoms with Crippen LogP contribution in [0.1, 0.15) is 36.7 Å². The molecule has 4 nitrogen and oxygen atoms in total. The van der Waals surface area contributed by atoms with Gasteiger partial charge in [-0.1, -0.05) is 6.07 Å². The van der Waals surface area contributed by atoms with Gasteiger partial charge in [-0.25, -0.2) is 8.78 Å². The summed E-state index contributed by atoms with van der Waals surface area (Å²) in [6, 6.07) is 6.51. The summed E-state index contributed by atoms with van der Waals surface area (Å²) in [5.41, 5.74) is 0.179. The third-order valence-corrected chi connectivity index (χ3v) is 4.42. The summed E-state index contributed by atoms with van der Waals surface area (Å²) in [4.78, 5) is 14.2. The molecule has 0 bridgehead atoms. The van der Waals surface area contributed by atoms with E-state index < -0.39 is 17.7 Å². The molecule has 1 aromatic heterocycles. The molecule has 24 heavy (non-hydrogen) atoms. The first-order chi connectivity index (χ1) is 11.5. The minimum absolute atomic E-state index is 0.110. The Morgan fingerprint density at radius 1 is 1.38 bits per heavy atom. The van der Waals surface area contributed by atoms with E-state index in [1.165, 1.54) is 12.3 Å². The largest absolute Gasteiger partial charge is 0.467 e. The molecule has 1 amide bonds. The van der Waals surface area contributed by atoms with Gasteiger partial charge in [0.15, 0.2) is 0 Å². The van der Waals surface area contributed by atoms with Gasteiger partial charge in [0, 0.05) is 25.1 Å². The molecule has 0 saturated carbocycles. The number of amides is 1. The van der Waals surface area contributed by atoms with Crippen molar-refractivity contribution in [2.75, 3.05) is 6.54 Å². The van der Waals surface area contributed by atoms with Crippen LogP contribution in [0.15, 0.2) is 41.0 Å². The number of carbonyl (C=O) groups excluding carboxylic acids is 1. The summed E-state index contributed by atoms with van der Waals surface area (Å²) < 4.78 is 31.9. The number of carbonyl (C=O) groups is 1. The van der Waals surface area contributed by atoms with Crippen LogP contribution in [-0.2, 0) is 11.2 Å². The van der Waals surface area contributed by atoms with Crippen molar-refractivity contribution in [2.45, 2.75) is 37.8 Å². The lowest BCUT2D eigenvalue weighted by atomic mass is 10.0. The van der Waals surface area contributed by atoms with E-state index >= 15 is 0 Å². The van der Waals surface area contributed by atoms with Gasteiger partial charge in [0.25, 0.3) is 0 Å². The third-order valence-electron chi connectivity index (χ3n) is 4.42. The maximum Gasteiger partial charge on any atom is 0.227 e. The standard InChI is InChI=1S/C18H19F2NO3/c19-13-6-5-12(15(20)10-13)9-18(23)21-7-1-3-14(21)11-16(22)17-4-2-8-24-17/h2,4-6,8,10,14,16,22H,1,3,7,9,11H2. The van der Waals surface area contributed by atoms with E-state index in [1.54, 1.807) is 17.0 Å². The van der Waals surface area contributed by atoms with Crippen LogP contribution in [-0.4, -0.2) is 28.5 Å². The molecule has 1 N–H and O–H groups in total. The summed E-state index contributed by atoms with van der Waals surface area (Å²) in [7, 11) is 0. The highest BCUT2D eigenvalue weighted by molar-refractivity contribution is 5.79. The zero-order chi connectivity index (χ0) is 17.1. The monoisotopic (exact) mass is 335 g/mol. The van der Waals surface area contributed by atoms with E-state index in [4.69, 9.17) is 4.42 Å². The first-order valence-corrected chi connectivity index (χ1v) is 7.99. The van der Waals surface area contributed by atoms with E-state index in [2.05, 4.69) is 0 Å². The average Bonchev–Trinajstić information content (AvgIpc) is 3.21. The maximum absolute atomic E-state index is 13.7. The topological polar surface area (TPSA) is 53.7 Å². The second-order valence-electron chi connectivity index (χ2n) is 6.06. The van der Waals surface area contributed by atoms with Crippen molar-refractivity contribution in [3.63, 3.8) is 0 Å². The Bertz CT molecular complexity index is 702. The number of aliphatic hydroxyl groups excluding tert-OH is 1. The quantitative estimate of drug-likeness (QED) is 0.913. The Balaban J connectivity index is 1.65. The summed E-state index contributed by atoms with van der Waals surface area (Å²) >= 11 is 0. The fraction of sp³-hybridized carbons (Fsp3) is 0.389. The molecule has 1 aliphatic rings. The molecule has 6 heteroatoms. The Hall–Kier alpha value is -2.21. The van der Waals surface area contributed by atoms with Gasteiger partial charge in [-0.3, -0.25) is 4.79 Å². The van der Waals surface area contributed by atoms with Gasteiger partial charge in [-0.15, -0.1) is 0 Å². The molecule has 2 aromatic rings. The van der Waals surface area contributed by atoms with Gasteiger partial charge in [-0.2, -0.15) is 0 Å². The number of aliphatic hydroxyl groups is 1. The summed E-state index contributed by atoms with van der Waals surface area (Å²) in [5.74, 6) is -1.12. The number of nitrogens with zero attached hydrogens (tertiary/aromatic N) is 1. The average molecular weight is 335 g/mol. The van der Waals surface area contributed by atoms with Crippen LogP contribution >= 0.6 is 0 Å². The lowest BCUT2D eigenvalue weighted by Crippen LogP contribution is -2.37. The zero-order valence-corrected chi connectivity index (χ0v) is 13.1. The van der Waals surface area contributed by atoms with Crippen LogP contribution in [0.2, 0.25) is 0 Å². The van der Waals surface area contributed by atoms with Crippen LogP contribution in [0.25, 0.3) is 0 Å². The van der Waals surface area contributed by atoms with Crippen LogP contribution in [0.3, 0.4) is 0 Å². The van der Waals surface area contributed by atoms with Gasteiger partial charge in [0.05, 0.1) is 12.7 Å². The molecular formula is C18H19F2NO3. The number of rotatable bonds is 5. The van der Waals surface area contributed by atoms with E-state index in [0.29, 0.717) is 18.7 Å². The van der Waals surface area contributed by atoms with E-state index in [1.807, 2.05) is 0 Å². The number of likely N-dealkylation sites (tertiary alicyclic amines) is 1. The molecule has 2 unspecified atom stereocenters. The number of benzene rings is 1. The minimum Gasteiger partial charge on any atom is -0.467 e. The Labute approximate surface area is 138 Å².